The number of benzene rings is 2. The molecule has 0 unspecified atom stereocenters. The molecule has 0 aliphatic carbocycles. The highest BCUT2D eigenvalue weighted by Gasteiger charge is 2.18. The van der Waals surface area contributed by atoms with E-state index in [0.717, 1.165) is 41.0 Å². The Morgan fingerprint density at radius 1 is 1.19 bits per heavy atom. The molecule has 1 aliphatic heterocycles. The van der Waals surface area contributed by atoms with Crippen LogP contribution >= 0.6 is 11.3 Å². The summed E-state index contributed by atoms with van der Waals surface area (Å²) in [5, 5.41) is 4.45. The van der Waals surface area contributed by atoms with E-state index in [1.807, 2.05) is 61.5 Å². The molecule has 1 atom stereocenters. The maximum absolute atomic E-state index is 13.0. The summed E-state index contributed by atoms with van der Waals surface area (Å²) in [4.78, 5) is 18.1. The third-order valence-electron chi connectivity index (χ3n) is 5.37. The molecular weight excluding hydrogens is 422 g/mol. The summed E-state index contributed by atoms with van der Waals surface area (Å²) in [6.45, 7) is 4.82. The number of unbranched alkanes of at least 4 members (excludes halogenated alkanes) is 1. The first-order chi connectivity index (χ1) is 15.6. The van der Waals surface area contributed by atoms with E-state index in [9.17, 15) is 4.79 Å². The predicted octanol–water partition coefficient (Wildman–Crippen LogP) is 4.36. The Labute approximate surface area is 189 Å². The molecular formula is C25H23N3O3S. The van der Waals surface area contributed by atoms with Crippen LogP contribution in [0.3, 0.4) is 0 Å². The first-order valence-electron chi connectivity index (χ1n) is 10.7. The number of hydrogen-bond acceptors (Lipinski definition) is 6. The van der Waals surface area contributed by atoms with Gasteiger partial charge in [-0.15, -0.1) is 5.10 Å². The Hall–Kier alpha value is -3.45. The van der Waals surface area contributed by atoms with Gasteiger partial charge in [0, 0.05) is 11.1 Å². The second-order valence-corrected chi connectivity index (χ2v) is 8.72. The van der Waals surface area contributed by atoms with Crippen molar-refractivity contribution in [2.75, 3.05) is 6.61 Å². The molecule has 0 bridgehead atoms. The smallest absolute Gasteiger partial charge is 0.291 e. The lowest BCUT2D eigenvalue weighted by atomic mass is 10.0. The minimum atomic E-state index is -0.171. The van der Waals surface area contributed by atoms with E-state index >= 15 is 0 Å². The lowest BCUT2D eigenvalue weighted by molar-refractivity contribution is 0.259. The molecule has 6 nitrogen and oxygen atoms in total. The average Bonchev–Trinajstić information content (AvgIpc) is 3.34. The molecule has 3 heterocycles. The number of aromatic nitrogens is 3. The first kappa shape index (κ1) is 20.5. The summed E-state index contributed by atoms with van der Waals surface area (Å²) >= 11 is 1.33. The van der Waals surface area contributed by atoms with Crippen LogP contribution in [-0.2, 0) is 0 Å². The third kappa shape index (κ3) is 3.91. The summed E-state index contributed by atoms with van der Waals surface area (Å²) in [5.41, 5.74) is 2.63. The van der Waals surface area contributed by atoms with Gasteiger partial charge in [0.1, 0.15) is 17.6 Å². The van der Waals surface area contributed by atoms with Crippen molar-refractivity contribution in [2.24, 2.45) is 0 Å². The zero-order valence-electron chi connectivity index (χ0n) is 17.9. The van der Waals surface area contributed by atoms with Gasteiger partial charge in [0.15, 0.2) is 5.82 Å². The van der Waals surface area contributed by atoms with E-state index in [2.05, 4.69) is 23.1 Å². The van der Waals surface area contributed by atoms with Gasteiger partial charge in [0.05, 0.1) is 11.1 Å². The average molecular weight is 446 g/mol. The van der Waals surface area contributed by atoms with Crippen LogP contribution in [0.5, 0.6) is 11.5 Å². The lowest BCUT2D eigenvalue weighted by Gasteiger charge is -2.22. The van der Waals surface area contributed by atoms with E-state index in [0.29, 0.717) is 21.9 Å². The van der Waals surface area contributed by atoms with Crippen LogP contribution < -0.4 is 19.6 Å². The van der Waals surface area contributed by atoms with E-state index in [4.69, 9.17) is 9.47 Å². The second-order valence-electron chi connectivity index (χ2n) is 7.71. The maximum Gasteiger partial charge on any atom is 0.291 e. The van der Waals surface area contributed by atoms with Crippen molar-refractivity contribution in [1.82, 2.24) is 14.6 Å². The molecule has 32 heavy (non-hydrogen) atoms. The van der Waals surface area contributed by atoms with Crippen LogP contribution in [-0.4, -0.2) is 27.3 Å². The Morgan fingerprint density at radius 3 is 2.78 bits per heavy atom. The highest BCUT2D eigenvalue weighted by molar-refractivity contribution is 7.15. The molecule has 0 saturated carbocycles. The number of thiazole rings is 1. The monoisotopic (exact) mass is 445 g/mol. The summed E-state index contributed by atoms with van der Waals surface area (Å²) in [5.74, 6) is 2.21. The van der Waals surface area contributed by atoms with Crippen molar-refractivity contribution in [3.05, 3.63) is 74.6 Å². The molecule has 2 aromatic heterocycles. The number of para-hydroxylation sites is 1. The van der Waals surface area contributed by atoms with Crippen LogP contribution in [0.1, 0.15) is 32.3 Å². The van der Waals surface area contributed by atoms with Crippen LogP contribution in [0, 0.1) is 0 Å². The molecule has 0 N–H and O–H groups in total. The minimum Gasteiger partial charge on any atom is -0.494 e. The maximum atomic E-state index is 13.0. The first-order valence-corrected chi connectivity index (χ1v) is 11.6. The Bertz CT molecular complexity index is 1400. The van der Waals surface area contributed by atoms with Gasteiger partial charge in [-0.3, -0.25) is 4.79 Å². The van der Waals surface area contributed by atoms with Gasteiger partial charge < -0.3 is 9.47 Å². The van der Waals surface area contributed by atoms with E-state index in [1.54, 1.807) is 0 Å². The van der Waals surface area contributed by atoms with Crippen molar-refractivity contribution in [3.63, 3.8) is 0 Å². The van der Waals surface area contributed by atoms with Crippen molar-refractivity contribution in [3.8, 4) is 22.9 Å². The van der Waals surface area contributed by atoms with Crippen LogP contribution in [0.2, 0.25) is 0 Å². The standard InChI is InChI=1S/C25H23N3O3S/c1-3-4-13-30-20-11-9-17(10-12-20)23-26-25-28(27-23)24(29)22(32-25)15-19-14-18-7-5-6-8-21(18)31-16(19)2/h5-12,14-16H,3-4,13H2,1-2H3/b22-15+/t16-/m0/s1. The second kappa shape index (κ2) is 8.59. The molecule has 0 spiro atoms. The Kier molecular flexibility index (Phi) is 5.49. The summed E-state index contributed by atoms with van der Waals surface area (Å²) in [6.07, 6.45) is 5.93. The normalized spacial score (nSPS) is 16.0. The van der Waals surface area contributed by atoms with Crippen molar-refractivity contribution < 1.29 is 9.47 Å². The van der Waals surface area contributed by atoms with Gasteiger partial charge in [0.2, 0.25) is 4.96 Å². The largest absolute Gasteiger partial charge is 0.494 e. The molecule has 7 heteroatoms. The topological polar surface area (TPSA) is 65.7 Å². The van der Waals surface area contributed by atoms with Crippen molar-refractivity contribution in [1.29, 1.82) is 0 Å². The molecule has 0 radical (unpaired) electrons. The van der Waals surface area contributed by atoms with Gasteiger partial charge in [0.25, 0.3) is 5.56 Å². The van der Waals surface area contributed by atoms with Gasteiger partial charge in [-0.05, 0) is 61.4 Å². The fourth-order valence-electron chi connectivity index (χ4n) is 3.56. The number of hydrogen-bond donors (Lipinski definition) is 0. The zero-order chi connectivity index (χ0) is 22.1. The fourth-order valence-corrected chi connectivity index (χ4v) is 4.47. The molecule has 2 aromatic carbocycles. The van der Waals surface area contributed by atoms with Crippen LogP contribution in [0.15, 0.2) is 58.9 Å². The van der Waals surface area contributed by atoms with Gasteiger partial charge in [-0.25, -0.2) is 0 Å². The molecule has 5 rings (SSSR count). The van der Waals surface area contributed by atoms with Crippen LogP contribution in [0.25, 0.3) is 28.5 Å². The molecule has 0 amide bonds. The summed E-state index contributed by atoms with van der Waals surface area (Å²) in [7, 11) is 0. The van der Waals surface area contributed by atoms with Gasteiger partial charge in [-0.2, -0.15) is 9.50 Å². The molecule has 0 saturated heterocycles. The number of ether oxygens (including phenoxy) is 2. The predicted molar refractivity (Wildman–Crippen MR) is 127 cm³/mol. The molecule has 162 valence electrons. The van der Waals surface area contributed by atoms with Crippen molar-refractivity contribution >= 4 is 28.4 Å². The van der Waals surface area contributed by atoms with Gasteiger partial charge >= 0.3 is 0 Å². The van der Waals surface area contributed by atoms with E-state index < -0.39 is 0 Å². The van der Waals surface area contributed by atoms with Crippen molar-refractivity contribution in [2.45, 2.75) is 32.8 Å². The highest BCUT2D eigenvalue weighted by Crippen LogP contribution is 2.29. The van der Waals surface area contributed by atoms with Gasteiger partial charge in [-0.1, -0.05) is 42.9 Å². The Morgan fingerprint density at radius 2 is 2.00 bits per heavy atom. The third-order valence-corrected chi connectivity index (χ3v) is 6.33. The zero-order valence-corrected chi connectivity index (χ0v) is 18.8. The highest BCUT2D eigenvalue weighted by atomic mass is 32.1. The number of nitrogens with zero attached hydrogens (tertiary/aromatic N) is 3. The van der Waals surface area contributed by atoms with E-state index in [-0.39, 0.29) is 11.7 Å². The fraction of sp³-hybridized carbons (Fsp3) is 0.240. The Balaban J connectivity index is 1.44. The SMILES string of the molecule is CCCCOc1ccc(-c2nc3s/c(=C/C4=Cc5ccccc5O[C@H]4C)c(=O)n3n2)cc1. The molecule has 0 fully saturated rings. The quantitative estimate of drug-likeness (QED) is 0.413. The molecule has 4 aromatic rings. The minimum absolute atomic E-state index is 0.139. The summed E-state index contributed by atoms with van der Waals surface area (Å²) < 4.78 is 13.7. The lowest BCUT2D eigenvalue weighted by Crippen LogP contribution is -2.26. The number of fused-ring (bicyclic) bond motifs is 2. The molecule has 1 aliphatic rings. The summed E-state index contributed by atoms with van der Waals surface area (Å²) in [6, 6.07) is 15.5. The van der Waals surface area contributed by atoms with E-state index in [1.165, 1.54) is 15.9 Å². The number of rotatable bonds is 6. The van der Waals surface area contributed by atoms with Crippen LogP contribution in [0.4, 0.5) is 0 Å².